The number of anilines is 1. The Balaban J connectivity index is 1.74. The quantitative estimate of drug-likeness (QED) is 0.620. The van der Waals surface area contributed by atoms with E-state index in [0.29, 0.717) is 0 Å². The van der Waals surface area contributed by atoms with Gasteiger partial charge in [0.25, 0.3) is 5.91 Å². The number of halogens is 4. The van der Waals surface area contributed by atoms with Crippen molar-refractivity contribution in [2.24, 2.45) is 0 Å². The fourth-order valence-corrected chi connectivity index (χ4v) is 4.67. The highest BCUT2D eigenvalue weighted by Crippen LogP contribution is 2.36. The molecule has 2 aliphatic rings. The third-order valence-electron chi connectivity index (χ3n) is 6.25. The Bertz CT molecular complexity index is 1120. The second kappa shape index (κ2) is 10.2. The van der Waals surface area contributed by atoms with Crippen LogP contribution in [-0.4, -0.2) is 35.7 Å². The molecule has 1 heterocycles. The number of alkyl halides is 2. The number of amides is 3. The maximum Gasteiger partial charge on any atom is 0.251 e. The van der Waals surface area contributed by atoms with Crippen molar-refractivity contribution in [3.8, 4) is 0 Å². The van der Waals surface area contributed by atoms with Crippen LogP contribution in [0, 0.1) is 17.9 Å². The highest BCUT2D eigenvalue weighted by Gasteiger charge is 2.41. The molecule has 2 fully saturated rings. The van der Waals surface area contributed by atoms with E-state index in [1.54, 1.807) is 24.3 Å². The summed E-state index contributed by atoms with van der Waals surface area (Å²) in [5.41, 5.74) is 0.175. The van der Waals surface area contributed by atoms with Gasteiger partial charge in [-0.3, -0.25) is 19.3 Å². The molecule has 2 N–H and O–H groups in total. The Kier molecular flexibility index (Phi) is 7.22. The van der Waals surface area contributed by atoms with Crippen molar-refractivity contribution in [3.05, 3.63) is 64.9 Å². The topological polar surface area (TPSA) is 78.5 Å². The number of hydrogen-bond acceptors (Lipinski definition) is 3. The van der Waals surface area contributed by atoms with Gasteiger partial charge >= 0.3 is 0 Å². The normalized spacial score (nSPS) is 20.5. The van der Waals surface area contributed by atoms with Gasteiger partial charge in [-0.15, -0.1) is 0 Å². The number of rotatable bonds is 6. The monoisotopic (exact) mass is 505 g/mol. The predicted molar refractivity (Wildman–Crippen MR) is 122 cm³/mol. The minimum atomic E-state index is -2.78. The average Bonchev–Trinajstić information content (AvgIpc) is 3.25. The summed E-state index contributed by atoms with van der Waals surface area (Å²) in [6.07, 6.45) is -0.263. The van der Waals surface area contributed by atoms with Crippen LogP contribution in [0.5, 0.6) is 0 Å². The lowest BCUT2D eigenvalue weighted by atomic mass is 9.91. The summed E-state index contributed by atoms with van der Waals surface area (Å²) < 4.78 is 41.4. The molecule has 0 radical (unpaired) electrons. The summed E-state index contributed by atoms with van der Waals surface area (Å²) in [6, 6.07) is 10.7. The molecule has 0 aromatic heterocycles. The standard InChI is InChI=1S/C25H23ClF3N3O3/c26-19-7-2-1-6-18(19)22(23(34)30-16-10-12-25(28,29)13-11-16)32(17-5-3-4-15(27)14-17)24(35)20-8-9-21(33)31-20/h1-2,4,6-7,14,16,20,22H,8-13H2,(H,30,34)(H,31,33). The molecule has 4 rings (SSSR count). The van der Waals surface area contributed by atoms with Crippen molar-refractivity contribution in [1.29, 1.82) is 0 Å². The van der Waals surface area contributed by atoms with E-state index in [4.69, 9.17) is 11.6 Å². The van der Waals surface area contributed by atoms with Gasteiger partial charge in [0.05, 0.1) is 5.69 Å². The number of nitrogens with one attached hydrogen (secondary N) is 2. The van der Waals surface area contributed by atoms with Crippen LogP contribution in [0.3, 0.4) is 0 Å². The number of carbonyl (C=O) groups excluding carboxylic acids is 3. The van der Waals surface area contributed by atoms with Crippen LogP contribution in [0.15, 0.2) is 36.4 Å². The number of nitrogens with zero attached hydrogens (tertiary/aromatic N) is 1. The van der Waals surface area contributed by atoms with Crippen LogP contribution in [-0.2, 0) is 14.4 Å². The molecule has 35 heavy (non-hydrogen) atoms. The summed E-state index contributed by atoms with van der Waals surface area (Å²) in [7, 11) is 0. The predicted octanol–water partition coefficient (Wildman–Crippen LogP) is 4.13. The van der Waals surface area contributed by atoms with Gasteiger partial charge in [0.2, 0.25) is 17.7 Å². The van der Waals surface area contributed by atoms with Crippen LogP contribution in [0.2, 0.25) is 5.02 Å². The summed E-state index contributed by atoms with van der Waals surface area (Å²) in [5.74, 6) is -5.12. The molecular weight excluding hydrogens is 483 g/mol. The van der Waals surface area contributed by atoms with E-state index in [9.17, 15) is 27.6 Å². The second-order valence-corrected chi connectivity index (χ2v) is 9.17. The molecule has 0 spiro atoms. The van der Waals surface area contributed by atoms with Gasteiger partial charge in [-0.05, 0) is 31.4 Å². The van der Waals surface area contributed by atoms with Crippen LogP contribution in [0.4, 0.5) is 18.9 Å². The van der Waals surface area contributed by atoms with Crippen molar-refractivity contribution in [2.45, 2.75) is 62.6 Å². The maximum atomic E-state index is 14.2. The van der Waals surface area contributed by atoms with Crippen molar-refractivity contribution in [3.63, 3.8) is 0 Å². The molecule has 6 nitrogen and oxygen atoms in total. The largest absolute Gasteiger partial charge is 0.351 e. The molecule has 2 atom stereocenters. The Morgan fingerprint density at radius 3 is 2.54 bits per heavy atom. The molecular formula is C25H23ClF3N3O3. The Labute approximate surface area is 205 Å². The Morgan fingerprint density at radius 1 is 1.20 bits per heavy atom. The second-order valence-electron chi connectivity index (χ2n) is 8.76. The van der Waals surface area contributed by atoms with Gasteiger partial charge in [-0.25, -0.2) is 13.2 Å². The van der Waals surface area contributed by atoms with E-state index in [0.717, 1.165) is 17.0 Å². The van der Waals surface area contributed by atoms with E-state index in [1.165, 1.54) is 0 Å². The summed E-state index contributed by atoms with van der Waals surface area (Å²) >= 11 is 6.41. The SMILES string of the molecule is O=C1CCC(C(=O)N(c2c#ccc(F)c2)C(C(=O)NC2CCC(F)(F)CC2)c2ccccc2Cl)N1. The van der Waals surface area contributed by atoms with Gasteiger partial charge in [-0.2, -0.15) is 0 Å². The molecule has 1 aliphatic carbocycles. The van der Waals surface area contributed by atoms with E-state index < -0.39 is 41.7 Å². The van der Waals surface area contributed by atoms with Crippen LogP contribution < -0.4 is 15.5 Å². The molecule has 10 heteroatoms. The van der Waals surface area contributed by atoms with E-state index in [1.807, 2.05) is 0 Å². The highest BCUT2D eigenvalue weighted by molar-refractivity contribution is 6.31. The van der Waals surface area contributed by atoms with Crippen molar-refractivity contribution < 1.29 is 27.6 Å². The van der Waals surface area contributed by atoms with Gasteiger partial charge in [0.15, 0.2) is 0 Å². The zero-order chi connectivity index (χ0) is 25.2. The summed E-state index contributed by atoms with van der Waals surface area (Å²) in [6.45, 7) is 0. The molecule has 1 saturated heterocycles. The lowest BCUT2D eigenvalue weighted by Gasteiger charge is -2.35. The molecule has 2 aromatic carbocycles. The number of carbonyl (C=O) groups is 3. The fraction of sp³-hybridized carbons (Fsp3) is 0.400. The summed E-state index contributed by atoms with van der Waals surface area (Å²) in [4.78, 5) is 40.1. The average molecular weight is 506 g/mol. The van der Waals surface area contributed by atoms with Gasteiger partial charge in [0, 0.05) is 48.0 Å². The zero-order valence-corrected chi connectivity index (χ0v) is 19.4. The smallest absolute Gasteiger partial charge is 0.251 e. The minimum Gasteiger partial charge on any atom is -0.351 e. The molecule has 0 bridgehead atoms. The van der Waals surface area contributed by atoms with Gasteiger partial charge < -0.3 is 10.6 Å². The third-order valence-corrected chi connectivity index (χ3v) is 6.59. The first-order chi connectivity index (χ1) is 16.6. The first-order valence-corrected chi connectivity index (χ1v) is 11.7. The highest BCUT2D eigenvalue weighted by atomic mass is 35.5. The van der Waals surface area contributed by atoms with E-state index in [2.05, 4.69) is 22.8 Å². The lowest BCUT2D eigenvalue weighted by Crippen LogP contribution is -2.52. The lowest BCUT2D eigenvalue weighted by molar-refractivity contribution is -0.129. The maximum absolute atomic E-state index is 14.2. The minimum absolute atomic E-state index is 0.0699. The van der Waals surface area contributed by atoms with Crippen molar-refractivity contribution in [2.75, 3.05) is 4.90 Å². The first kappa shape index (κ1) is 24.9. The van der Waals surface area contributed by atoms with Gasteiger partial charge in [-0.1, -0.05) is 35.9 Å². The number of benzene rings is 1. The molecule has 3 amide bonds. The van der Waals surface area contributed by atoms with Crippen molar-refractivity contribution >= 4 is 35.0 Å². The van der Waals surface area contributed by atoms with Crippen molar-refractivity contribution in [1.82, 2.24) is 10.6 Å². The Hall–Kier alpha value is -3.25. The summed E-state index contributed by atoms with van der Waals surface area (Å²) in [5, 5.41) is 5.52. The third kappa shape index (κ3) is 5.70. The zero-order valence-electron chi connectivity index (χ0n) is 18.6. The van der Waals surface area contributed by atoms with Crippen LogP contribution in [0.1, 0.15) is 50.1 Å². The van der Waals surface area contributed by atoms with Crippen LogP contribution in [0.25, 0.3) is 0 Å². The molecule has 1 saturated carbocycles. The fourth-order valence-electron chi connectivity index (χ4n) is 4.43. The van der Waals surface area contributed by atoms with E-state index in [-0.39, 0.29) is 60.7 Å². The molecule has 184 valence electrons. The van der Waals surface area contributed by atoms with Crippen LogP contribution >= 0.6 is 11.6 Å². The first-order valence-electron chi connectivity index (χ1n) is 11.3. The molecule has 2 aromatic rings. The molecule has 1 aliphatic heterocycles. The van der Waals surface area contributed by atoms with E-state index >= 15 is 0 Å². The molecule has 2 unspecified atom stereocenters. The Morgan fingerprint density at radius 2 is 1.91 bits per heavy atom. The number of hydrogen-bond donors (Lipinski definition) is 2. The van der Waals surface area contributed by atoms with Gasteiger partial charge in [0.1, 0.15) is 17.9 Å².